The molecule has 0 amide bonds. The summed E-state index contributed by atoms with van der Waals surface area (Å²) in [7, 11) is 0. The van der Waals surface area contributed by atoms with E-state index in [0.29, 0.717) is 5.88 Å². The first kappa shape index (κ1) is 9.89. The summed E-state index contributed by atoms with van der Waals surface area (Å²) >= 11 is 5.50. The van der Waals surface area contributed by atoms with Crippen molar-refractivity contribution in [1.29, 1.82) is 0 Å². The van der Waals surface area contributed by atoms with Crippen LogP contribution < -0.4 is 0 Å². The van der Waals surface area contributed by atoms with E-state index < -0.39 is 0 Å². The third-order valence-corrected chi connectivity index (χ3v) is 1.69. The van der Waals surface area contributed by atoms with E-state index in [0.717, 1.165) is 12.0 Å². The predicted octanol–water partition coefficient (Wildman–Crippen LogP) is 3.22. The Hall–Kier alpha value is -1.19. The average Bonchev–Trinajstić information content (AvgIpc) is 2.19. The van der Waals surface area contributed by atoms with E-state index in [4.69, 9.17) is 11.6 Å². The fourth-order valence-electron chi connectivity index (χ4n) is 0.852. The van der Waals surface area contributed by atoms with Gasteiger partial charge in [-0.05, 0) is 24.6 Å². The lowest BCUT2D eigenvalue weighted by molar-refractivity contribution is 1.24. The third-order valence-electron chi connectivity index (χ3n) is 1.47. The normalized spacial score (nSPS) is 9.62. The standard InChI is InChI=1S/C12H11Cl/c13-11-7-2-1-4-8-12-9-5-3-6-10-12/h1-3,5-6,9-10H,7,11H2/b2-1+. The van der Waals surface area contributed by atoms with Gasteiger partial charge in [0.15, 0.2) is 0 Å². The van der Waals surface area contributed by atoms with Crippen LogP contribution >= 0.6 is 11.6 Å². The van der Waals surface area contributed by atoms with E-state index in [1.807, 2.05) is 42.5 Å². The number of halogens is 1. The highest BCUT2D eigenvalue weighted by Crippen LogP contribution is 1.94. The van der Waals surface area contributed by atoms with E-state index in [9.17, 15) is 0 Å². The maximum atomic E-state index is 5.50. The van der Waals surface area contributed by atoms with Gasteiger partial charge < -0.3 is 0 Å². The van der Waals surface area contributed by atoms with E-state index in [1.165, 1.54) is 0 Å². The van der Waals surface area contributed by atoms with Gasteiger partial charge in [-0.25, -0.2) is 0 Å². The predicted molar refractivity (Wildman–Crippen MR) is 57.8 cm³/mol. The largest absolute Gasteiger partial charge is 0.126 e. The summed E-state index contributed by atoms with van der Waals surface area (Å²) in [5.41, 5.74) is 1.04. The molecular weight excluding hydrogens is 180 g/mol. The second kappa shape index (κ2) is 6.34. The molecule has 0 bridgehead atoms. The molecule has 0 fully saturated rings. The number of hydrogen-bond acceptors (Lipinski definition) is 0. The smallest absolute Gasteiger partial charge is 0.0258 e. The number of allylic oxidation sites excluding steroid dienone is 2. The molecule has 0 aromatic heterocycles. The molecule has 0 saturated carbocycles. The van der Waals surface area contributed by atoms with Crippen molar-refractivity contribution >= 4 is 11.6 Å². The van der Waals surface area contributed by atoms with Gasteiger partial charge in [0, 0.05) is 11.4 Å². The number of hydrogen-bond donors (Lipinski definition) is 0. The summed E-state index contributed by atoms with van der Waals surface area (Å²) in [4.78, 5) is 0. The zero-order chi connectivity index (χ0) is 9.36. The maximum absolute atomic E-state index is 5.50. The first-order valence-corrected chi connectivity index (χ1v) is 4.74. The highest BCUT2D eigenvalue weighted by molar-refractivity contribution is 6.17. The van der Waals surface area contributed by atoms with Gasteiger partial charge in [0.05, 0.1) is 0 Å². The van der Waals surface area contributed by atoms with Crippen LogP contribution in [-0.2, 0) is 0 Å². The number of benzene rings is 1. The summed E-state index contributed by atoms with van der Waals surface area (Å²) < 4.78 is 0. The fraction of sp³-hybridized carbons (Fsp3) is 0.167. The van der Waals surface area contributed by atoms with Gasteiger partial charge in [0.1, 0.15) is 0 Å². The molecule has 0 saturated heterocycles. The van der Waals surface area contributed by atoms with Gasteiger partial charge in [-0.2, -0.15) is 0 Å². The molecule has 0 nitrogen and oxygen atoms in total. The Kier molecular flexibility index (Phi) is 4.83. The highest BCUT2D eigenvalue weighted by Gasteiger charge is 1.78. The molecule has 1 aromatic rings. The first-order valence-electron chi connectivity index (χ1n) is 4.21. The molecule has 0 spiro atoms. The molecule has 13 heavy (non-hydrogen) atoms. The zero-order valence-electron chi connectivity index (χ0n) is 7.33. The maximum Gasteiger partial charge on any atom is 0.0258 e. The van der Waals surface area contributed by atoms with Gasteiger partial charge in [0.2, 0.25) is 0 Å². The molecular formula is C12H11Cl. The summed E-state index contributed by atoms with van der Waals surface area (Å²) in [6.07, 6.45) is 4.70. The average molecular weight is 191 g/mol. The Morgan fingerprint density at radius 1 is 1.23 bits per heavy atom. The molecule has 0 aliphatic rings. The van der Waals surface area contributed by atoms with Crippen molar-refractivity contribution in [2.24, 2.45) is 0 Å². The van der Waals surface area contributed by atoms with Crippen molar-refractivity contribution in [1.82, 2.24) is 0 Å². The molecule has 1 aromatic carbocycles. The Morgan fingerprint density at radius 2 is 2.00 bits per heavy atom. The molecule has 0 unspecified atom stereocenters. The molecule has 0 aliphatic carbocycles. The quantitative estimate of drug-likeness (QED) is 0.496. The first-order chi connectivity index (χ1) is 6.43. The van der Waals surface area contributed by atoms with Gasteiger partial charge in [-0.15, -0.1) is 11.6 Å². The van der Waals surface area contributed by atoms with Gasteiger partial charge in [-0.1, -0.05) is 36.1 Å². The zero-order valence-corrected chi connectivity index (χ0v) is 8.09. The van der Waals surface area contributed by atoms with Crippen LogP contribution in [0.1, 0.15) is 12.0 Å². The lowest BCUT2D eigenvalue weighted by atomic mass is 10.2. The second-order valence-corrected chi connectivity index (χ2v) is 2.89. The van der Waals surface area contributed by atoms with Crippen molar-refractivity contribution in [3.05, 3.63) is 48.0 Å². The molecule has 1 rings (SSSR count). The van der Waals surface area contributed by atoms with Crippen LogP contribution in [0.15, 0.2) is 42.5 Å². The monoisotopic (exact) mass is 190 g/mol. The van der Waals surface area contributed by atoms with E-state index in [2.05, 4.69) is 11.8 Å². The van der Waals surface area contributed by atoms with Crippen LogP contribution in [0.2, 0.25) is 0 Å². The minimum atomic E-state index is 0.656. The third kappa shape index (κ3) is 4.40. The van der Waals surface area contributed by atoms with Crippen molar-refractivity contribution in [3.63, 3.8) is 0 Å². The molecule has 0 aliphatic heterocycles. The van der Waals surface area contributed by atoms with Crippen LogP contribution in [0.25, 0.3) is 0 Å². The van der Waals surface area contributed by atoms with Crippen LogP contribution in [0.4, 0.5) is 0 Å². The van der Waals surface area contributed by atoms with Crippen LogP contribution in [-0.4, -0.2) is 5.88 Å². The van der Waals surface area contributed by atoms with Crippen molar-refractivity contribution in [2.75, 3.05) is 5.88 Å². The molecule has 0 atom stereocenters. The fourth-order valence-corrected chi connectivity index (χ4v) is 0.978. The summed E-state index contributed by atoms with van der Waals surface area (Å²) in [5, 5.41) is 0. The number of alkyl halides is 1. The van der Waals surface area contributed by atoms with Gasteiger partial charge >= 0.3 is 0 Å². The Labute approximate surface area is 84.2 Å². The molecule has 0 heterocycles. The highest BCUT2D eigenvalue weighted by atomic mass is 35.5. The SMILES string of the molecule is ClCC/C=C/C#Cc1ccccc1. The van der Waals surface area contributed by atoms with Crippen molar-refractivity contribution in [2.45, 2.75) is 6.42 Å². The van der Waals surface area contributed by atoms with Gasteiger partial charge in [0.25, 0.3) is 0 Å². The van der Waals surface area contributed by atoms with E-state index in [1.54, 1.807) is 0 Å². The van der Waals surface area contributed by atoms with Crippen molar-refractivity contribution in [3.8, 4) is 11.8 Å². The van der Waals surface area contributed by atoms with Crippen LogP contribution in [0, 0.1) is 11.8 Å². The Bertz CT molecular complexity index is 314. The van der Waals surface area contributed by atoms with E-state index >= 15 is 0 Å². The summed E-state index contributed by atoms with van der Waals surface area (Å²) in [5.74, 6) is 6.63. The number of rotatable bonds is 2. The Balaban J connectivity index is 2.49. The summed E-state index contributed by atoms with van der Waals surface area (Å²) in [6.45, 7) is 0. The van der Waals surface area contributed by atoms with Crippen molar-refractivity contribution < 1.29 is 0 Å². The second-order valence-electron chi connectivity index (χ2n) is 2.52. The Morgan fingerprint density at radius 3 is 2.69 bits per heavy atom. The molecule has 1 heteroatoms. The lowest BCUT2D eigenvalue weighted by Crippen LogP contribution is -1.69. The van der Waals surface area contributed by atoms with Crippen LogP contribution in [0.3, 0.4) is 0 Å². The van der Waals surface area contributed by atoms with E-state index in [-0.39, 0.29) is 0 Å². The lowest BCUT2D eigenvalue weighted by Gasteiger charge is -1.84. The molecule has 66 valence electrons. The minimum absolute atomic E-state index is 0.656. The topological polar surface area (TPSA) is 0 Å². The summed E-state index contributed by atoms with van der Waals surface area (Å²) in [6, 6.07) is 9.91. The minimum Gasteiger partial charge on any atom is -0.126 e. The van der Waals surface area contributed by atoms with Gasteiger partial charge in [-0.3, -0.25) is 0 Å². The molecule has 0 N–H and O–H groups in total. The molecule has 0 radical (unpaired) electrons. The van der Waals surface area contributed by atoms with Crippen LogP contribution in [0.5, 0.6) is 0 Å².